The number of unbranched alkanes of at least 4 members (excludes halogenated alkanes) is 1. The number of aromatic nitrogens is 5. The fraction of sp³-hybridized carbons (Fsp3) is 0.625. The Kier molecular flexibility index (Phi) is 8.83. The quantitative estimate of drug-likeness (QED) is 0.286. The molecule has 0 radical (unpaired) electrons. The lowest BCUT2D eigenvalue weighted by molar-refractivity contribution is -0.140. The van der Waals surface area contributed by atoms with Crippen molar-refractivity contribution < 1.29 is 19.0 Å². The van der Waals surface area contributed by atoms with E-state index >= 15 is 0 Å². The third kappa shape index (κ3) is 6.75. The zero-order valence-corrected chi connectivity index (χ0v) is 26.8. The van der Waals surface area contributed by atoms with Crippen molar-refractivity contribution in [3.8, 4) is 16.6 Å². The van der Waals surface area contributed by atoms with Gasteiger partial charge >= 0.3 is 12.1 Å². The molecule has 2 spiro atoms. The Morgan fingerprint density at radius 3 is 2.62 bits per heavy atom. The summed E-state index contributed by atoms with van der Waals surface area (Å²) < 4.78 is 17.1. The van der Waals surface area contributed by atoms with Gasteiger partial charge in [-0.3, -0.25) is 4.90 Å². The van der Waals surface area contributed by atoms with Crippen molar-refractivity contribution in [3.63, 3.8) is 0 Å². The molecule has 240 valence electrons. The summed E-state index contributed by atoms with van der Waals surface area (Å²) in [6.45, 7) is 7.35. The Hall–Kier alpha value is -3.42. The number of hydrogen-bond acceptors (Lipinski definition) is 12. The lowest BCUT2D eigenvalue weighted by Crippen LogP contribution is -2.65. The molecule has 13 heteroatoms. The van der Waals surface area contributed by atoms with Gasteiger partial charge in [0.05, 0.1) is 30.4 Å². The van der Waals surface area contributed by atoms with Gasteiger partial charge in [0.25, 0.3) is 0 Å². The third-order valence-electron chi connectivity index (χ3n) is 9.83. The van der Waals surface area contributed by atoms with Crippen LogP contribution >= 0.6 is 11.3 Å². The van der Waals surface area contributed by atoms with Crippen LogP contribution in [0.15, 0.2) is 30.9 Å². The van der Waals surface area contributed by atoms with Crippen LogP contribution in [0.5, 0.6) is 6.01 Å². The predicted molar refractivity (Wildman–Crippen MR) is 169 cm³/mol. The Morgan fingerprint density at radius 1 is 1.09 bits per heavy atom. The highest BCUT2D eigenvalue weighted by atomic mass is 32.1. The average Bonchev–Trinajstić information content (AvgIpc) is 3.50. The molecule has 0 aromatic carbocycles. The lowest BCUT2D eigenvalue weighted by Gasteiger charge is -2.55. The first kappa shape index (κ1) is 30.2. The molecule has 3 aromatic rings. The van der Waals surface area contributed by atoms with Crippen LogP contribution in [-0.2, 0) is 16.0 Å². The van der Waals surface area contributed by atoms with E-state index in [-0.39, 0.29) is 17.7 Å². The molecule has 4 fully saturated rings. The Bertz CT molecular complexity index is 1450. The molecule has 3 aromatic heterocycles. The Labute approximate surface area is 267 Å². The van der Waals surface area contributed by atoms with E-state index in [2.05, 4.69) is 42.1 Å². The number of nitrogens with zero attached hydrogens (tertiary/aromatic N) is 7. The summed E-state index contributed by atoms with van der Waals surface area (Å²) in [5.41, 5.74) is 2.24. The molecule has 0 unspecified atom stereocenters. The number of rotatable bonds is 10. The number of carbonyl (C=O) groups is 1. The van der Waals surface area contributed by atoms with Gasteiger partial charge in [-0.1, -0.05) is 24.7 Å². The fourth-order valence-corrected chi connectivity index (χ4v) is 7.60. The average molecular weight is 635 g/mol. The van der Waals surface area contributed by atoms with Crippen LogP contribution < -0.4 is 10.1 Å². The highest BCUT2D eigenvalue weighted by Gasteiger charge is 2.47. The van der Waals surface area contributed by atoms with E-state index in [4.69, 9.17) is 14.2 Å². The van der Waals surface area contributed by atoms with Gasteiger partial charge in [-0.05, 0) is 57.4 Å². The SMILES string of the molecule is CCCCOC(=O)N1CCN(Cc2cnc(Nc3ncc(-c4ccnc(OC5CCC6(CC5)COC6)n4)s3)nc2)C2(CCC2)C1. The van der Waals surface area contributed by atoms with E-state index in [0.29, 0.717) is 35.7 Å². The van der Waals surface area contributed by atoms with Crippen molar-refractivity contribution in [2.45, 2.75) is 82.9 Å². The Morgan fingerprint density at radius 2 is 1.91 bits per heavy atom. The highest BCUT2D eigenvalue weighted by molar-refractivity contribution is 7.18. The smallest absolute Gasteiger partial charge is 0.409 e. The van der Waals surface area contributed by atoms with Gasteiger partial charge in [-0.25, -0.2) is 24.7 Å². The molecule has 0 atom stereocenters. The summed E-state index contributed by atoms with van der Waals surface area (Å²) in [5, 5.41) is 3.92. The largest absolute Gasteiger partial charge is 0.460 e. The van der Waals surface area contributed by atoms with Crippen molar-refractivity contribution in [1.82, 2.24) is 34.7 Å². The molecule has 2 aliphatic carbocycles. The minimum atomic E-state index is -0.177. The van der Waals surface area contributed by atoms with Gasteiger partial charge in [-0.15, -0.1) is 0 Å². The van der Waals surface area contributed by atoms with Crippen LogP contribution in [-0.4, -0.2) is 91.9 Å². The predicted octanol–water partition coefficient (Wildman–Crippen LogP) is 5.45. The molecule has 5 heterocycles. The van der Waals surface area contributed by atoms with E-state index in [1.807, 2.05) is 23.4 Å². The monoisotopic (exact) mass is 634 g/mol. The maximum atomic E-state index is 12.6. The summed E-state index contributed by atoms with van der Waals surface area (Å²) in [5.74, 6) is 0.497. The molecule has 12 nitrogen and oxygen atoms in total. The second kappa shape index (κ2) is 13.1. The first-order valence-electron chi connectivity index (χ1n) is 16.3. The summed E-state index contributed by atoms with van der Waals surface area (Å²) in [6.07, 6.45) is 16.9. The van der Waals surface area contributed by atoms with Crippen LogP contribution in [0, 0.1) is 5.41 Å². The van der Waals surface area contributed by atoms with E-state index in [1.165, 1.54) is 17.8 Å². The number of nitrogens with one attached hydrogen (secondary N) is 1. The maximum absolute atomic E-state index is 12.6. The minimum absolute atomic E-state index is 0.0207. The number of piperazine rings is 1. The molecule has 0 bridgehead atoms. The number of carbonyl (C=O) groups excluding carboxylic acids is 1. The maximum Gasteiger partial charge on any atom is 0.409 e. The van der Waals surface area contributed by atoms with Gasteiger partial charge in [0, 0.05) is 67.5 Å². The molecular formula is C32H42N8O4S. The topological polar surface area (TPSA) is 128 Å². The summed E-state index contributed by atoms with van der Waals surface area (Å²) in [4.78, 5) is 40.6. The molecule has 2 saturated heterocycles. The molecule has 7 rings (SSSR count). The number of ether oxygens (including phenoxy) is 3. The first-order chi connectivity index (χ1) is 22.0. The summed E-state index contributed by atoms with van der Waals surface area (Å²) in [6, 6.07) is 2.29. The van der Waals surface area contributed by atoms with Crippen LogP contribution in [0.3, 0.4) is 0 Å². The van der Waals surface area contributed by atoms with Crippen LogP contribution in [0.25, 0.3) is 10.6 Å². The normalized spacial score (nSPS) is 20.9. The Balaban J connectivity index is 0.920. The lowest BCUT2D eigenvalue weighted by atomic mass is 9.72. The molecule has 4 aliphatic rings. The molecule has 2 aliphatic heterocycles. The van der Waals surface area contributed by atoms with Crippen molar-refractivity contribution in [1.29, 1.82) is 0 Å². The van der Waals surface area contributed by atoms with Crippen LogP contribution in [0.2, 0.25) is 0 Å². The van der Waals surface area contributed by atoms with Crippen molar-refractivity contribution in [2.75, 3.05) is 44.8 Å². The van der Waals surface area contributed by atoms with Crippen molar-refractivity contribution >= 4 is 28.5 Å². The summed E-state index contributed by atoms with van der Waals surface area (Å²) >= 11 is 1.48. The van der Waals surface area contributed by atoms with Crippen LogP contribution in [0.4, 0.5) is 15.9 Å². The van der Waals surface area contributed by atoms with Gasteiger partial charge < -0.3 is 24.4 Å². The molecule has 2 saturated carbocycles. The van der Waals surface area contributed by atoms with Gasteiger partial charge in [0.2, 0.25) is 5.95 Å². The van der Waals surface area contributed by atoms with E-state index < -0.39 is 0 Å². The fourth-order valence-electron chi connectivity index (χ4n) is 6.82. The standard InChI is InChI=1S/C32H42N8O4S/c1-2-3-15-43-30(41)39-13-14-40(32(20-39)8-4-9-32)19-23-16-34-27(35-17-23)38-29-36-18-26(45-29)25-7-12-33-28(37-25)44-24-5-10-31(11-6-24)21-42-22-31/h7,12,16-18,24H,2-6,8-11,13-15,19-22H2,1H3,(H,34,35,36,38). The zero-order valence-electron chi connectivity index (χ0n) is 25.9. The second-order valence-corrected chi connectivity index (χ2v) is 14.0. The number of thiazole rings is 1. The minimum Gasteiger partial charge on any atom is -0.460 e. The van der Waals surface area contributed by atoms with Crippen molar-refractivity contribution in [3.05, 3.63) is 36.4 Å². The number of hydrogen-bond donors (Lipinski definition) is 1. The van der Waals surface area contributed by atoms with Gasteiger partial charge in [0.15, 0.2) is 5.13 Å². The van der Waals surface area contributed by atoms with E-state index in [0.717, 1.165) is 100 Å². The van der Waals surface area contributed by atoms with Gasteiger partial charge in [-0.2, -0.15) is 4.98 Å². The third-order valence-corrected chi connectivity index (χ3v) is 10.8. The highest BCUT2D eigenvalue weighted by Crippen LogP contribution is 2.43. The van der Waals surface area contributed by atoms with E-state index in [9.17, 15) is 4.79 Å². The zero-order chi connectivity index (χ0) is 30.7. The van der Waals surface area contributed by atoms with Crippen molar-refractivity contribution in [2.24, 2.45) is 5.41 Å². The van der Waals surface area contributed by atoms with E-state index in [1.54, 1.807) is 12.4 Å². The molecule has 1 amide bonds. The van der Waals surface area contributed by atoms with Crippen LogP contribution in [0.1, 0.15) is 70.3 Å². The molecule has 1 N–H and O–H groups in total. The van der Waals surface area contributed by atoms with Gasteiger partial charge in [0.1, 0.15) is 6.10 Å². The first-order valence-corrected chi connectivity index (χ1v) is 17.1. The molecule has 45 heavy (non-hydrogen) atoms. The number of amides is 1. The molecular weight excluding hydrogens is 592 g/mol. The second-order valence-electron chi connectivity index (χ2n) is 13.0. The summed E-state index contributed by atoms with van der Waals surface area (Å²) in [7, 11) is 0. The number of anilines is 2.